The van der Waals surface area contributed by atoms with Crippen molar-refractivity contribution in [1.29, 1.82) is 0 Å². The number of benzene rings is 2. The quantitative estimate of drug-likeness (QED) is 0.892. The molecule has 2 N–H and O–H groups in total. The first-order valence-electron chi connectivity index (χ1n) is 6.47. The molecule has 21 heavy (non-hydrogen) atoms. The third kappa shape index (κ3) is 4.21. The van der Waals surface area contributed by atoms with Crippen molar-refractivity contribution in [3.63, 3.8) is 0 Å². The van der Waals surface area contributed by atoms with Crippen LogP contribution in [0, 0.1) is 6.92 Å². The SMILES string of the molecule is Cc1ccc(NC(=O)COc2ccccc2CO)cc1Cl. The molecule has 0 atom stereocenters. The molecule has 1 amide bonds. The number of ether oxygens (including phenoxy) is 1. The summed E-state index contributed by atoms with van der Waals surface area (Å²) >= 11 is 6.00. The van der Waals surface area contributed by atoms with Crippen LogP contribution in [0.15, 0.2) is 42.5 Å². The second-order valence-corrected chi connectivity index (χ2v) is 4.97. The molecule has 0 saturated heterocycles. The van der Waals surface area contributed by atoms with Gasteiger partial charge in [-0.15, -0.1) is 0 Å². The van der Waals surface area contributed by atoms with E-state index in [0.717, 1.165) is 5.56 Å². The van der Waals surface area contributed by atoms with Crippen molar-refractivity contribution in [1.82, 2.24) is 0 Å². The summed E-state index contributed by atoms with van der Waals surface area (Å²) in [5, 5.41) is 12.5. The van der Waals surface area contributed by atoms with Gasteiger partial charge < -0.3 is 15.2 Å². The zero-order valence-corrected chi connectivity index (χ0v) is 12.4. The Kier molecular flexibility index (Phi) is 5.20. The van der Waals surface area contributed by atoms with Crippen LogP contribution >= 0.6 is 11.6 Å². The third-order valence-electron chi connectivity index (χ3n) is 2.96. The number of para-hydroxylation sites is 1. The number of halogens is 1. The number of hydrogen-bond acceptors (Lipinski definition) is 3. The van der Waals surface area contributed by atoms with Gasteiger partial charge in [-0.25, -0.2) is 0 Å². The highest BCUT2D eigenvalue weighted by molar-refractivity contribution is 6.31. The third-order valence-corrected chi connectivity index (χ3v) is 3.36. The van der Waals surface area contributed by atoms with E-state index in [9.17, 15) is 9.90 Å². The second kappa shape index (κ2) is 7.11. The number of aliphatic hydroxyl groups is 1. The summed E-state index contributed by atoms with van der Waals surface area (Å²) < 4.78 is 5.41. The molecule has 0 aliphatic carbocycles. The van der Waals surface area contributed by atoms with Crippen molar-refractivity contribution >= 4 is 23.2 Å². The van der Waals surface area contributed by atoms with Crippen LogP contribution in [0.4, 0.5) is 5.69 Å². The molecule has 4 nitrogen and oxygen atoms in total. The van der Waals surface area contributed by atoms with E-state index in [-0.39, 0.29) is 19.1 Å². The lowest BCUT2D eigenvalue weighted by atomic mass is 10.2. The van der Waals surface area contributed by atoms with Gasteiger partial charge in [-0.3, -0.25) is 4.79 Å². The molecule has 0 heterocycles. The smallest absolute Gasteiger partial charge is 0.262 e. The first-order valence-corrected chi connectivity index (χ1v) is 6.85. The lowest BCUT2D eigenvalue weighted by molar-refractivity contribution is -0.118. The van der Waals surface area contributed by atoms with Gasteiger partial charge in [0, 0.05) is 16.3 Å². The van der Waals surface area contributed by atoms with Crippen LogP contribution in [0.3, 0.4) is 0 Å². The Morgan fingerprint density at radius 2 is 2.05 bits per heavy atom. The maximum absolute atomic E-state index is 11.8. The van der Waals surface area contributed by atoms with Gasteiger partial charge in [-0.05, 0) is 30.7 Å². The number of hydrogen-bond donors (Lipinski definition) is 2. The van der Waals surface area contributed by atoms with Crippen molar-refractivity contribution in [2.75, 3.05) is 11.9 Å². The van der Waals surface area contributed by atoms with Crippen LogP contribution in [0.5, 0.6) is 5.75 Å². The molecule has 0 radical (unpaired) electrons. The normalized spacial score (nSPS) is 10.2. The highest BCUT2D eigenvalue weighted by Gasteiger charge is 2.07. The number of anilines is 1. The highest BCUT2D eigenvalue weighted by Crippen LogP contribution is 2.20. The maximum atomic E-state index is 11.8. The standard InChI is InChI=1S/C16H16ClNO3/c1-11-6-7-13(8-14(11)17)18-16(20)10-21-15-5-3-2-4-12(15)9-19/h2-8,19H,9-10H2,1H3,(H,18,20). The number of aryl methyl sites for hydroxylation is 1. The zero-order valence-electron chi connectivity index (χ0n) is 11.6. The highest BCUT2D eigenvalue weighted by atomic mass is 35.5. The minimum atomic E-state index is -0.289. The Labute approximate surface area is 128 Å². The average Bonchev–Trinajstić information content (AvgIpc) is 2.49. The Bertz CT molecular complexity index is 643. The van der Waals surface area contributed by atoms with Crippen molar-refractivity contribution in [3.8, 4) is 5.75 Å². The summed E-state index contributed by atoms with van der Waals surface area (Å²) in [6, 6.07) is 12.3. The Morgan fingerprint density at radius 1 is 1.29 bits per heavy atom. The molecule has 5 heteroatoms. The Balaban J connectivity index is 1.94. The van der Waals surface area contributed by atoms with E-state index < -0.39 is 0 Å². The van der Waals surface area contributed by atoms with E-state index in [1.807, 2.05) is 13.0 Å². The zero-order chi connectivity index (χ0) is 15.2. The fourth-order valence-electron chi connectivity index (χ4n) is 1.79. The van der Waals surface area contributed by atoms with Crippen LogP contribution < -0.4 is 10.1 Å². The van der Waals surface area contributed by atoms with Gasteiger partial charge >= 0.3 is 0 Å². The number of carbonyl (C=O) groups is 1. The van der Waals surface area contributed by atoms with Crippen LogP contribution in [-0.2, 0) is 11.4 Å². The molecule has 2 aromatic carbocycles. The van der Waals surface area contributed by atoms with Crippen LogP contribution in [0.2, 0.25) is 5.02 Å². The Hall–Kier alpha value is -2.04. The van der Waals surface area contributed by atoms with Crippen LogP contribution in [0.25, 0.3) is 0 Å². The molecule has 0 unspecified atom stereocenters. The molecular formula is C16H16ClNO3. The average molecular weight is 306 g/mol. The van der Waals surface area contributed by atoms with E-state index in [1.165, 1.54) is 0 Å². The van der Waals surface area contributed by atoms with Gasteiger partial charge in [0.25, 0.3) is 5.91 Å². The molecule has 0 aliphatic heterocycles. The summed E-state index contributed by atoms with van der Waals surface area (Å²) in [5.74, 6) is 0.208. The minimum Gasteiger partial charge on any atom is -0.483 e. The van der Waals surface area contributed by atoms with Crippen molar-refractivity contribution in [3.05, 3.63) is 58.6 Å². The van der Waals surface area contributed by atoms with Crippen LogP contribution in [-0.4, -0.2) is 17.6 Å². The second-order valence-electron chi connectivity index (χ2n) is 4.57. The number of carbonyl (C=O) groups excluding carboxylic acids is 1. The fourth-order valence-corrected chi connectivity index (χ4v) is 1.97. The predicted molar refractivity (Wildman–Crippen MR) is 82.7 cm³/mol. The number of aliphatic hydroxyl groups excluding tert-OH is 1. The molecule has 2 rings (SSSR count). The molecule has 0 aliphatic rings. The van der Waals surface area contributed by atoms with Crippen molar-refractivity contribution in [2.45, 2.75) is 13.5 Å². The predicted octanol–water partition coefficient (Wildman–Crippen LogP) is 3.16. The molecule has 0 aromatic heterocycles. The van der Waals surface area contributed by atoms with Crippen molar-refractivity contribution < 1.29 is 14.6 Å². The number of rotatable bonds is 5. The monoisotopic (exact) mass is 305 g/mol. The van der Waals surface area contributed by atoms with E-state index in [4.69, 9.17) is 16.3 Å². The van der Waals surface area contributed by atoms with Crippen molar-refractivity contribution in [2.24, 2.45) is 0 Å². The van der Waals surface area contributed by atoms with Gasteiger partial charge in [0.2, 0.25) is 0 Å². The lowest BCUT2D eigenvalue weighted by Gasteiger charge is -2.10. The van der Waals surface area contributed by atoms with E-state index in [1.54, 1.807) is 36.4 Å². The lowest BCUT2D eigenvalue weighted by Crippen LogP contribution is -2.20. The van der Waals surface area contributed by atoms with Gasteiger partial charge in [0.15, 0.2) is 6.61 Å². The van der Waals surface area contributed by atoms with E-state index in [0.29, 0.717) is 22.0 Å². The van der Waals surface area contributed by atoms with Gasteiger partial charge in [-0.2, -0.15) is 0 Å². The molecule has 2 aromatic rings. The van der Waals surface area contributed by atoms with Gasteiger partial charge in [-0.1, -0.05) is 35.9 Å². The molecule has 0 spiro atoms. The first-order chi connectivity index (χ1) is 10.1. The summed E-state index contributed by atoms with van der Waals surface area (Å²) in [5.41, 5.74) is 2.21. The van der Waals surface area contributed by atoms with Gasteiger partial charge in [0.1, 0.15) is 5.75 Å². The van der Waals surface area contributed by atoms with E-state index >= 15 is 0 Å². The van der Waals surface area contributed by atoms with E-state index in [2.05, 4.69) is 5.32 Å². The Morgan fingerprint density at radius 3 is 2.76 bits per heavy atom. The molecule has 0 saturated carbocycles. The molecule has 0 fully saturated rings. The molecule has 110 valence electrons. The fraction of sp³-hybridized carbons (Fsp3) is 0.188. The molecular weight excluding hydrogens is 290 g/mol. The first kappa shape index (κ1) is 15.4. The number of nitrogens with one attached hydrogen (secondary N) is 1. The summed E-state index contributed by atoms with van der Waals surface area (Å²) in [6.45, 7) is 1.62. The minimum absolute atomic E-state index is 0.134. The maximum Gasteiger partial charge on any atom is 0.262 e. The van der Waals surface area contributed by atoms with Gasteiger partial charge in [0.05, 0.1) is 6.61 Å². The topological polar surface area (TPSA) is 58.6 Å². The largest absolute Gasteiger partial charge is 0.483 e. The number of amides is 1. The molecule has 0 bridgehead atoms. The summed E-state index contributed by atoms with van der Waals surface area (Å²) in [7, 11) is 0. The summed E-state index contributed by atoms with van der Waals surface area (Å²) in [4.78, 5) is 11.8. The summed E-state index contributed by atoms with van der Waals surface area (Å²) in [6.07, 6.45) is 0. The van der Waals surface area contributed by atoms with Crippen LogP contribution in [0.1, 0.15) is 11.1 Å².